The van der Waals surface area contributed by atoms with E-state index in [0.29, 0.717) is 29.5 Å². The van der Waals surface area contributed by atoms with Crippen LogP contribution >= 0.6 is 0 Å². The molecule has 3 aliphatic carbocycles. The third kappa shape index (κ3) is 1.62. The molecular formula is C21H28O2. The standard InChI is InChI=1S/C21H28O2/c1-19(2)14-10-11-21(19,4)17-16(14)22-18(23-17)20(3)12-15(20)13-8-6-5-7-9-13/h5-9,14-18H,10-12H2,1-4H3/t14-,15?,16-,17-,18-,20?,21+/m1/s1. The summed E-state index contributed by atoms with van der Waals surface area (Å²) < 4.78 is 13.2. The van der Waals surface area contributed by atoms with E-state index in [0.717, 1.165) is 0 Å². The molecule has 0 spiro atoms. The first kappa shape index (κ1) is 14.5. The first-order valence-electron chi connectivity index (χ1n) is 9.24. The fraction of sp³-hybridized carbons (Fsp3) is 0.714. The Balaban J connectivity index is 1.39. The third-order valence-corrected chi connectivity index (χ3v) is 8.27. The smallest absolute Gasteiger partial charge is 0.164 e. The van der Waals surface area contributed by atoms with Crippen molar-refractivity contribution in [3.8, 4) is 0 Å². The van der Waals surface area contributed by atoms with Crippen molar-refractivity contribution >= 4 is 0 Å². The lowest BCUT2D eigenvalue weighted by Gasteiger charge is -2.38. The molecule has 2 nitrogen and oxygen atoms in total. The Morgan fingerprint density at radius 3 is 2.43 bits per heavy atom. The Kier molecular flexibility index (Phi) is 2.65. The van der Waals surface area contributed by atoms with Crippen LogP contribution in [0.1, 0.15) is 58.4 Å². The van der Waals surface area contributed by atoms with Gasteiger partial charge in [0.2, 0.25) is 0 Å². The molecule has 3 saturated carbocycles. The zero-order chi connectivity index (χ0) is 16.0. The fourth-order valence-corrected chi connectivity index (χ4v) is 6.06. The topological polar surface area (TPSA) is 18.5 Å². The summed E-state index contributed by atoms with van der Waals surface area (Å²) in [5, 5.41) is 0. The highest BCUT2D eigenvalue weighted by Gasteiger charge is 2.72. The molecule has 1 aliphatic heterocycles. The van der Waals surface area contributed by atoms with Crippen LogP contribution in [0.15, 0.2) is 30.3 Å². The molecule has 23 heavy (non-hydrogen) atoms. The van der Waals surface area contributed by atoms with Crippen molar-refractivity contribution in [3.05, 3.63) is 35.9 Å². The minimum Gasteiger partial charge on any atom is -0.346 e. The second-order valence-electron chi connectivity index (χ2n) is 9.45. The molecule has 124 valence electrons. The van der Waals surface area contributed by atoms with E-state index in [-0.39, 0.29) is 17.1 Å². The number of hydrogen-bond acceptors (Lipinski definition) is 2. The predicted molar refractivity (Wildman–Crippen MR) is 90.1 cm³/mol. The molecular weight excluding hydrogens is 284 g/mol. The maximum absolute atomic E-state index is 6.61. The Morgan fingerprint density at radius 1 is 1.00 bits per heavy atom. The van der Waals surface area contributed by atoms with Gasteiger partial charge >= 0.3 is 0 Å². The summed E-state index contributed by atoms with van der Waals surface area (Å²) in [5.74, 6) is 1.26. The van der Waals surface area contributed by atoms with E-state index in [4.69, 9.17) is 9.47 Å². The zero-order valence-corrected chi connectivity index (χ0v) is 14.7. The molecule has 1 aromatic carbocycles. The van der Waals surface area contributed by atoms with Crippen LogP contribution < -0.4 is 0 Å². The molecule has 1 saturated heterocycles. The molecule has 4 fully saturated rings. The molecule has 0 N–H and O–H groups in total. The van der Waals surface area contributed by atoms with Gasteiger partial charge in [-0.3, -0.25) is 0 Å². The van der Waals surface area contributed by atoms with Crippen molar-refractivity contribution in [2.75, 3.05) is 0 Å². The van der Waals surface area contributed by atoms with Gasteiger partial charge in [-0.1, -0.05) is 58.0 Å². The van der Waals surface area contributed by atoms with Gasteiger partial charge in [-0.25, -0.2) is 0 Å². The lowest BCUT2D eigenvalue weighted by Crippen LogP contribution is -2.39. The van der Waals surface area contributed by atoms with E-state index >= 15 is 0 Å². The molecule has 2 bridgehead atoms. The summed E-state index contributed by atoms with van der Waals surface area (Å²) in [6.45, 7) is 9.64. The first-order valence-corrected chi connectivity index (χ1v) is 9.24. The van der Waals surface area contributed by atoms with Gasteiger partial charge in [0.25, 0.3) is 0 Å². The van der Waals surface area contributed by atoms with Crippen LogP contribution in [0.5, 0.6) is 0 Å². The summed E-state index contributed by atoms with van der Waals surface area (Å²) in [6.07, 6.45) is 4.39. The number of hydrogen-bond donors (Lipinski definition) is 0. The molecule has 1 aromatic rings. The first-order chi connectivity index (χ1) is 10.9. The van der Waals surface area contributed by atoms with Crippen molar-refractivity contribution in [3.63, 3.8) is 0 Å². The lowest BCUT2D eigenvalue weighted by atomic mass is 9.70. The normalized spacial score (nSPS) is 52.6. The predicted octanol–water partition coefficient (Wildman–Crippen LogP) is 4.75. The largest absolute Gasteiger partial charge is 0.346 e. The Bertz CT molecular complexity index is 639. The SMILES string of the molecule is CC1([C@@H]2O[C@@H]3[C@H]4CC[C@@](C)([C@@H]3O2)C4(C)C)CC1c1ccccc1. The zero-order valence-electron chi connectivity index (χ0n) is 14.7. The second-order valence-corrected chi connectivity index (χ2v) is 9.45. The summed E-state index contributed by atoms with van der Waals surface area (Å²) in [5.41, 5.74) is 2.22. The fourth-order valence-electron chi connectivity index (χ4n) is 6.06. The van der Waals surface area contributed by atoms with Gasteiger partial charge in [0.05, 0.1) is 12.2 Å². The van der Waals surface area contributed by atoms with Gasteiger partial charge in [0.15, 0.2) is 6.29 Å². The van der Waals surface area contributed by atoms with E-state index in [1.807, 2.05) is 0 Å². The van der Waals surface area contributed by atoms with Gasteiger partial charge in [0.1, 0.15) is 0 Å². The average molecular weight is 312 g/mol. The molecule has 2 heteroatoms. The highest BCUT2D eigenvalue weighted by molar-refractivity contribution is 5.30. The van der Waals surface area contributed by atoms with Crippen LogP contribution in [-0.4, -0.2) is 18.5 Å². The maximum atomic E-state index is 6.61. The number of rotatable bonds is 2. The molecule has 5 rings (SSSR count). The molecule has 1 heterocycles. The summed E-state index contributed by atoms with van der Waals surface area (Å²) in [6, 6.07) is 10.9. The third-order valence-electron chi connectivity index (χ3n) is 8.27. The monoisotopic (exact) mass is 312 g/mol. The van der Waals surface area contributed by atoms with Crippen LogP contribution in [-0.2, 0) is 9.47 Å². The van der Waals surface area contributed by atoms with Crippen molar-refractivity contribution in [1.82, 2.24) is 0 Å². The van der Waals surface area contributed by atoms with E-state index in [9.17, 15) is 0 Å². The van der Waals surface area contributed by atoms with Crippen molar-refractivity contribution in [1.29, 1.82) is 0 Å². The van der Waals surface area contributed by atoms with E-state index in [2.05, 4.69) is 58.0 Å². The van der Waals surface area contributed by atoms with Crippen molar-refractivity contribution < 1.29 is 9.47 Å². The van der Waals surface area contributed by atoms with Crippen LogP contribution in [0.2, 0.25) is 0 Å². The average Bonchev–Trinajstić information content (AvgIpc) is 2.86. The Morgan fingerprint density at radius 2 is 1.74 bits per heavy atom. The van der Waals surface area contributed by atoms with Gasteiger partial charge in [-0.05, 0) is 42.1 Å². The number of benzene rings is 1. The minimum atomic E-state index is -0.0151. The van der Waals surface area contributed by atoms with Gasteiger partial charge in [-0.15, -0.1) is 0 Å². The van der Waals surface area contributed by atoms with Crippen molar-refractivity contribution in [2.24, 2.45) is 22.2 Å². The second kappa shape index (κ2) is 4.21. The molecule has 7 atom stereocenters. The van der Waals surface area contributed by atoms with Gasteiger partial charge in [-0.2, -0.15) is 0 Å². The summed E-state index contributed by atoms with van der Waals surface area (Å²) in [7, 11) is 0. The van der Waals surface area contributed by atoms with Gasteiger partial charge in [0, 0.05) is 10.8 Å². The number of ether oxygens (including phenoxy) is 2. The van der Waals surface area contributed by atoms with Crippen molar-refractivity contribution in [2.45, 2.75) is 71.4 Å². The summed E-state index contributed by atoms with van der Waals surface area (Å²) in [4.78, 5) is 0. The molecule has 0 aromatic heterocycles. The molecule has 0 radical (unpaired) electrons. The Labute approximate surface area is 139 Å². The quantitative estimate of drug-likeness (QED) is 0.785. The van der Waals surface area contributed by atoms with E-state index in [1.165, 1.54) is 24.8 Å². The van der Waals surface area contributed by atoms with E-state index in [1.54, 1.807) is 0 Å². The lowest BCUT2D eigenvalue weighted by molar-refractivity contribution is -0.146. The maximum Gasteiger partial charge on any atom is 0.164 e. The van der Waals surface area contributed by atoms with Gasteiger partial charge < -0.3 is 9.47 Å². The molecule has 2 unspecified atom stereocenters. The molecule has 4 aliphatic rings. The number of fused-ring (bicyclic) bond motifs is 5. The Hall–Kier alpha value is -0.860. The van der Waals surface area contributed by atoms with Crippen LogP contribution in [0.3, 0.4) is 0 Å². The van der Waals surface area contributed by atoms with Crippen LogP contribution in [0.25, 0.3) is 0 Å². The van der Waals surface area contributed by atoms with E-state index < -0.39 is 0 Å². The highest BCUT2D eigenvalue weighted by atomic mass is 16.7. The van der Waals surface area contributed by atoms with Crippen LogP contribution in [0, 0.1) is 22.2 Å². The highest BCUT2D eigenvalue weighted by Crippen LogP contribution is 2.71. The van der Waals surface area contributed by atoms with Crippen LogP contribution in [0.4, 0.5) is 0 Å². The minimum absolute atomic E-state index is 0.0151. The molecule has 0 amide bonds. The summed E-state index contributed by atoms with van der Waals surface area (Å²) >= 11 is 0.